The van der Waals surface area contributed by atoms with E-state index in [2.05, 4.69) is 10.4 Å². The van der Waals surface area contributed by atoms with Crippen LogP contribution in [0.1, 0.15) is 22.9 Å². The number of benzene rings is 1. The van der Waals surface area contributed by atoms with Crippen LogP contribution < -0.4 is 11.0 Å². The minimum absolute atomic E-state index is 0.217. The van der Waals surface area contributed by atoms with Crippen molar-refractivity contribution in [3.05, 3.63) is 63.0 Å². The molecule has 0 bridgehead atoms. The standard InChI is InChI=1S/C17H17N3O2S/c1-3-13-9-14-16(23-13)18-10-20(17(14)22)19-15(21)8-12-6-4-11(2)5-7-12/h4-7,9-10H,3,8H2,1-2H3,(H,19,21). The number of nitrogens with one attached hydrogen (secondary N) is 1. The van der Waals surface area contributed by atoms with Crippen molar-refractivity contribution in [1.82, 2.24) is 9.66 Å². The van der Waals surface area contributed by atoms with Gasteiger partial charge in [-0.25, -0.2) is 9.66 Å². The average molecular weight is 327 g/mol. The number of hydrogen-bond acceptors (Lipinski definition) is 4. The summed E-state index contributed by atoms with van der Waals surface area (Å²) in [5, 5.41) is 0.546. The molecule has 0 aliphatic carbocycles. The number of hydrogen-bond donors (Lipinski definition) is 1. The lowest BCUT2D eigenvalue weighted by Gasteiger charge is -2.07. The molecule has 0 spiro atoms. The Hall–Kier alpha value is -2.47. The van der Waals surface area contributed by atoms with Crippen LogP contribution in [0.5, 0.6) is 0 Å². The largest absolute Gasteiger partial charge is 0.280 e. The van der Waals surface area contributed by atoms with Crippen LogP contribution in [0.15, 0.2) is 41.5 Å². The summed E-state index contributed by atoms with van der Waals surface area (Å²) >= 11 is 1.51. The van der Waals surface area contributed by atoms with E-state index in [1.165, 1.54) is 17.7 Å². The second-order valence-corrected chi connectivity index (χ2v) is 6.52. The van der Waals surface area contributed by atoms with Crippen LogP contribution in [0.25, 0.3) is 10.2 Å². The summed E-state index contributed by atoms with van der Waals surface area (Å²) in [6.45, 7) is 4.03. The van der Waals surface area contributed by atoms with E-state index in [4.69, 9.17) is 0 Å². The van der Waals surface area contributed by atoms with Crippen LogP contribution in [0.4, 0.5) is 0 Å². The molecule has 0 aliphatic rings. The van der Waals surface area contributed by atoms with Gasteiger partial charge in [0.05, 0.1) is 11.8 Å². The number of amides is 1. The highest BCUT2D eigenvalue weighted by Gasteiger charge is 2.10. The van der Waals surface area contributed by atoms with Gasteiger partial charge in [0, 0.05) is 4.88 Å². The molecule has 3 rings (SSSR count). The number of carbonyl (C=O) groups is 1. The average Bonchev–Trinajstić information content (AvgIpc) is 2.96. The van der Waals surface area contributed by atoms with Crippen LogP contribution in [-0.4, -0.2) is 15.6 Å². The monoisotopic (exact) mass is 327 g/mol. The summed E-state index contributed by atoms with van der Waals surface area (Å²) in [5.74, 6) is -0.247. The maximum atomic E-state index is 12.4. The molecule has 0 unspecified atom stereocenters. The van der Waals surface area contributed by atoms with Gasteiger partial charge in [-0.15, -0.1) is 11.3 Å². The molecule has 0 saturated heterocycles. The van der Waals surface area contributed by atoms with Crippen LogP contribution in [0.2, 0.25) is 0 Å². The number of thiophene rings is 1. The van der Waals surface area contributed by atoms with E-state index in [0.29, 0.717) is 10.2 Å². The topological polar surface area (TPSA) is 64.0 Å². The molecule has 0 radical (unpaired) electrons. The van der Waals surface area contributed by atoms with Gasteiger partial charge in [0.25, 0.3) is 5.56 Å². The number of rotatable bonds is 4. The summed E-state index contributed by atoms with van der Waals surface area (Å²) in [4.78, 5) is 30.6. The van der Waals surface area contributed by atoms with Gasteiger partial charge in [0.1, 0.15) is 11.2 Å². The van der Waals surface area contributed by atoms with Crippen LogP contribution >= 0.6 is 11.3 Å². The molecule has 0 aliphatic heterocycles. The van der Waals surface area contributed by atoms with Gasteiger partial charge < -0.3 is 0 Å². The Morgan fingerprint density at radius 3 is 2.74 bits per heavy atom. The van der Waals surface area contributed by atoms with Gasteiger partial charge >= 0.3 is 0 Å². The maximum absolute atomic E-state index is 12.4. The zero-order valence-corrected chi connectivity index (χ0v) is 13.8. The second-order valence-electron chi connectivity index (χ2n) is 5.40. The third-order valence-electron chi connectivity index (χ3n) is 3.58. The third kappa shape index (κ3) is 3.32. The molecule has 23 heavy (non-hydrogen) atoms. The molecule has 5 nitrogen and oxygen atoms in total. The zero-order valence-electron chi connectivity index (χ0n) is 13.0. The number of fused-ring (bicyclic) bond motifs is 1. The molecular formula is C17H17N3O2S. The molecule has 0 atom stereocenters. The first-order valence-electron chi connectivity index (χ1n) is 7.42. The quantitative estimate of drug-likeness (QED) is 0.801. The minimum atomic E-state index is -0.247. The predicted octanol–water partition coefficient (Wildman–Crippen LogP) is 2.64. The minimum Gasteiger partial charge on any atom is -0.273 e. The van der Waals surface area contributed by atoms with Gasteiger partial charge in [0.2, 0.25) is 5.91 Å². The summed E-state index contributed by atoms with van der Waals surface area (Å²) in [6.07, 6.45) is 2.45. The highest BCUT2D eigenvalue weighted by atomic mass is 32.1. The van der Waals surface area contributed by atoms with E-state index in [9.17, 15) is 9.59 Å². The number of aromatic nitrogens is 2. The fourth-order valence-electron chi connectivity index (χ4n) is 2.29. The van der Waals surface area contributed by atoms with E-state index in [-0.39, 0.29) is 17.9 Å². The maximum Gasteiger partial charge on any atom is 0.280 e. The van der Waals surface area contributed by atoms with Crippen molar-refractivity contribution < 1.29 is 4.79 Å². The van der Waals surface area contributed by atoms with Crippen molar-refractivity contribution in [3.63, 3.8) is 0 Å². The van der Waals surface area contributed by atoms with Crippen molar-refractivity contribution in [3.8, 4) is 0 Å². The second kappa shape index (κ2) is 6.34. The van der Waals surface area contributed by atoms with E-state index in [0.717, 1.165) is 27.1 Å². The zero-order chi connectivity index (χ0) is 16.4. The summed E-state index contributed by atoms with van der Waals surface area (Å²) in [5.41, 5.74) is 4.40. The fourth-order valence-corrected chi connectivity index (χ4v) is 3.22. The van der Waals surface area contributed by atoms with Gasteiger partial charge in [0.15, 0.2) is 0 Å². The summed E-state index contributed by atoms with van der Waals surface area (Å²) < 4.78 is 1.16. The lowest BCUT2D eigenvalue weighted by Crippen LogP contribution is -2.33. The Morgan fingerprint density at radius 2 is 2.04 bits per heavy atom. The Morgan fingerprint density at radius 1 is 1.30 bits per heavy atom. The molecule has 1 amide bonds. The van der Waals surface area contributed by atoms with E-state index < -0.39 is 0 Å². The SMILES string of the molecule is CCc1cc2c(=O)n(NC(=O)Cc3ccc(C)cc3)cnc2s1. The van der Waals surface area contributed by atoms with Gasteiger partial charge in [-0.05, 0) is 25.0 Å². The summed E-state index contributed by atoms with van der Waals surface area (Å²) in [7, 11) is 0. The molecule has 0 saturated carbocycles. The van der Waals surface area contributed by atoms with Crippen LogP contribution in [0, 0.1) is 6.92 Å². The third-order valence-corrected chi connectivity index (χ3v) is 4.77. The van der Waals surface area contributed by atoms with E-state index in [1.54, 1.807) is 0 Å². The lowest BCUT2D eigenvalue weighted by molar-refractivity contribution is -0.116. The Bertz CT molecular complexity index is 910. The Labute approximate surface area is 137 Å². The Kier molecular flexibility index (Phi) is 4.25. The van der Waals surface area contributed by atoms with Gasteiger partial charge in [-0.1, -0.05) is 36.8 Å². The molecule has 3 aromatic rings. The highest BCUT2D eigenvalue weighted by molar-refractivity contribution is 7.18. The Balaban J connectivity index is 1.80. The number of aryl methyl sites for hydroxylation is 2. The normalized spacial score (nSPS) is 10.9. The van der Waals surface area contributed by atoms with Crippen LogP contribution in [0.3, 0.4) is 0 Å². The predicted molar refractivity (Wildman–Crippen MR) is 92.5 cm³/mol. The van der Waals surface area contributed by atoms with Crippen molar-refractivity contribution in [2.24, 2.45) is 0 Å². The van der Waals surface area contributed by atoms with Gasteiger partial charge in [-0.3, -0.25) is 15.0 Å². The van der Waals surface area contributed by atoms with E-state index >= 15 is 0 Å². The molecule has 2 heterocycles. The molecular weight excluding hydrogens is 310 g/mol. The highest BCUT2D eigenvalue weighted by Crippen LogP contribution is 2.20. The molecule has 2 aromatic heterocycles. The number of nitrogens with zero attached hydrogens (tertiary/aromatic N) is 2. The van der Waals surface area contributed by atoms with Gasteiger partial charge in [-0.2, -0.15) is 0 Å². The molecule has 1 aromatic carbocycles. The first-order chi connectivity index (χ1) is 11.1. The molecule has 118 valence electrons. The molecule has 0 fully saturated rings. The smallest absolute Gasteiger partial charge is 0.273 e. The lowest BCUT2D eigenvalue weighted by atomic mass is 10.1. The molecule has 1 N–H and O–H groups in total. The van der Waals surface area contributed by atoms with Crippen molar-refractivity contribution in [2.75, 3.05) is 5.43 Å². The van der Waals surface area contributed by atoms with Crippen molar-refractivity contribution in [2.45, 2.75) is 26.7 Å². The fraction of sp³-hybridized carbons (Fsp3) is 0.235. The molecule has 6 heteroatoms. The summed E-state index contributed by atoms with van der Waals surface area (Å²) in [6, 6.07) is 9.58. The van der Waals surface area contributed by atoms with Crippen LogP contribution in [-0.2, 0) is 17.6 Å². The van der Waals surface area contributed by atoms with E-state index in [1.807, 2.05) is 44.2 Å². The first-order valence-corrected chi connectivity index (χ1v) is 8.24. The van der Waals surface area contributed by atoms with Crippen molar-refractivity contribution >= 4 is 27.5 Å². The first kappa shape index (κ1) is 15.4. The number of carbonyl (C=O) groups excluding carboxylic acids is 1. The van der Waals surface area contributed by atoms with Crippen molar-refractivity contribution in [1.29, 1.82) is 0 Å².